The average molecular weight is 312 g/mol. The first-order valence-electron chi connectivity index (χ1n) is 8.40. The summed E-state index contributed by atoms with van der Waals surface area (Å²) in [4.78, 5) is 6.76. The molecule has 1 aromatic heterocycles. The number of hydrogen-bond acceptors (Lipinski definition) is 4. The standard InChI is InChI=1S/C19H24N2O2/c1-2-22-19-18(6-5-11-20-19)16-7-9-17(10-8-16)23-15-14-21-12-3-4-13-21/h5-11H,2-4,12-15H2,1H3. The lowest BCUT2D eigenvalue weighted by Crippen LogP contribution is -2.25. The molecule has 1 aromatic carbocycles. The van der Waals surface area contributed by atoms with Gasteiger partial charge in [-0.05, 0) is 62.7 Å². The van der Waals surface area contributed by atoms with Crippen LogP contribution in [0.3, 0.4) is 0 Å². The van der Waals surface area contributed by atoms with Gasteiger partial charge in [0, 0.05) is 18.3 Å². The summed E-state index contributed by atoms with van der Waals surface area (Å²) in [5.74, 6) is 1.59. The Balaban J connectivity index is 1.60. The molecule has 2 heterocycles. The van der Waals surface area contributed by atoms with Crippen molar-refractivity contribution in [2.24, 2.45) is 0 Å². The molecule has 0 amide bonds. The zero-order valence-corrected chi connectivity index (χ0v) is 13.7. The van der Waals surface area contributed by atoms with Crippen molar-refractivity contribution in [1.82, 2.24) is 9.88 Å². The van der Waals surface area contributed by atoms with Gasteiger partial charge in [0.25, 0.3) is 0 Å². The molecule has 0 aliphatic carbocycles. The molecule has 4 heteroatoms. The number of likely N-dealkylation sites (tertiary alicyclic amines) is 1. The van der Waals surface area contributed by atoms with E-state index in [1.165, 1.54) is 25.9 Å². The molecule has 0 radical (unpaired) electrons. The maximum absolute atomic E-state index is 5.85. The molecule has 4 nitrogen and oxygen atoms in total. The van der Waals surface area contributed by atoms with E-state index in [1.54, 1.807) is 6.20 Å². The van der Waals surface area contributed by atoms with Crippen LogP contribution in [0.2, 0.25) is 0 Å². The van der Waals surface area contributed by atoms with Gasteiger partial charge in [0.1, 0.15) is 12.4 Å². The topological polar surface area (TPSA) is 34.6 Å². The molecule has 2 aromatic rings. The van der Waals surface area contributed by atoms with Crippen LogP contribution in [0.15, 0.2) is 42.6 Å². The molecule has 1 fully saturated rings. The maximum atomic E-state index is 5.85. The van der Waals surface area contributed by atoms with Crippen molar-refractivity contribution < 1.29 is 9.47 Å². The normalized spacial score (nSPS) is 14.8. The van der Waals surface area contributed by atoms with Crippen molar-refractivity contribution in [2.75, 3.05) is 32.8 Å². The quantitative estimate of drug-likeness (QED) is 0.782. The van der Waals surface area contributed by atoms with E-state index < -0.39 is 0 Å². The number of ether oxygens (including phenoxy) is 2. The number of hydrogen-bond donors (Lipinski definition) is 0. The van der Waals surface area contributed by atoms with Gasteiger partial charge in [-0.25, -0.2) is 4.98 Å². The zero-order valence-electron chi connectivity index (χ0n) is 13.7. The highest BCUT2D eigenvalue weighted by Crippen LogP contribution is 2.29. The highest BCUT2D eigenvalue weighted by Gasteiger charge is 2.11. The molecule has 0 saturated carbocycles. The maximum Gasteiger partial charge on any atom is 0.221 e. The van der Waals surface area contributed by atoms with Crippen molar-refractivity contribution >= 4 is 0 Å². The Hall–Kier alpha value is -2.07. The minimum Gasteiger partial charge on any atom is -0.492 e. The predicted molar refractivity (Wildman–Crippen MR) is 92.0 cm³/mol. The van der Waals surface area contributed by atoms with Gasteiger partial charge in [0.15, 0.2) is 0 Å². The lowest BCUT2D eigenvalue weighted by atomic mass is 10.1. The second-order valence-corrected chi connectivity index (χ2v) is 5.71. The van der Waals surface area contributed by atoms with E-state index in [0.717, 1.165) is 30.0 Å². The van der Waals surface area contributed by atoms with Crippen molar-refractivity contribution in [3.05, 3.63) is 42.6 Å². The molecule has 0 spiro atoms. The Morgan fingerprint density at radius 3 is 2.57 bits per heavy atom. The zero-order chi connectivity index (χ0) is 15.9. The van der Waals surface area contributed by atoms with Crippen LogP contribution in [0.25, 0.3) is 11.1 Å². The van der Waals surface area contributed by atoms with E-state index in [0.29, 0.717) is 12.5 Å². The molecular formula is C19H24N2O2. The van der Waals surface area contributed by atoms with Crippen LogP contribution in [-0.4, -0.2) is 42.7 Å². The van der Waals surface area contributed by atoms with Crippen molar-refractivity contribution in [3.63, 3.8) is 0 Å². The summed E-state index contributed by atoms with van der Waals surface area (Å²) in [5.41, 5.74) is 2.10. The predicted octanol–water partition coefficient (Wildman–Crippen LogP) is 3.62. The fourth-order valence-corrected chi connectivity index (χ4v) is 2.89. The summed E-state index contributed by atoms with van der Waals surface area (Å²) >= 11 is 0. The second-order valence-electron chi connectivity index (χ2n) is 5.71. The van der Waals surface area contributed by atoms with Gasteiger partial charge in [-0.1, -0.05) is 12.1 Å². The van der Waals surface area contributed by atoms with E-state index in [2.05, 4.69) is 22.0 Å². The summed E-state index contributed by atoms with van der Waals surface area (Å²) in [5, 5.41) is 0. The molecule has 0 N–H and O–H groups in total. The van der Waals surface area contributed by atoms with Gasteiger partial charge in [-0.3, -0.25) is 4.90 Å². The Morgan fingerprint density at radius 2 is 1.83 bits per heavy atom. The van der Waals surface area contributed by atoms with Gasteiger partial charge in [-0.15, -0.1) is 0 Å². The van der Waals surface area contributed by atoms with Crippen LogP contribution in [0.1, 0.15) is 19.8 Å². The molecule has 0 atom stereocenters. The van der Waals surface area contributed by atoms with E-state index >= 15 is 0 Å². The minimum absolute atomic E-state index is 0.613. The number of aromatic nitrogens is 1. The smallest absolute Gasteiger partial charge is 0.221 e. The number of pyridine rings is 1. The van der Waals surface area contributed by atoms with Crippen molar-refractivity contribution in [1.29, 1.82) is 0 Å². The number of benzene rings is 1. The summed E-state index contributed by atoms with van der Waals surface area (Å²) in [6.07, 6.45) is 4.40. The third-order valence-corrected chi connectivity index (χ3v) is 4.09. The van der Waals surface area contributed by atoms with Gasteiger partial charge in [-0.2, -0.15) is 0 Å². The SMILES string of the molecule is CCOc1ncccc1-c1ccc(OCCN2CCCC2)cc1. The van der Waals surface area contributed by atoms with E-state index in [9.17, 15) is 0 Å². The summed E-state index contributed by atoms with van der Waals surface area (Å²) in [6, 6.07) is 12.1. The van der Waals surface area contributed by atoms with Crippen LogP contribution in [0.5, 0.6) is 11.6 Å². The van der Waals surface area contributed by atoms with Crippen LogP contribution in [0, 0.1) is 0 Å². The molecule has 1 aliphatic rings. The fourth-order valence-electron chi connectivity index (χ4n) is 2.89. The number of nitrogens with zero attached hydrogens (tertiary/aromatic N) is 2. The van der Waals surface area contributed by atoms with Crippen LogP contribution >= 0.6 is 0 Å². The lowest BCUT2D eigenvalue weighted by molar-refractivity contribution is 0.238. The van der Waals surface area contributed by atoms with E-state index in [1.807, 2.05) is 31.2 Å². The van der Waals surface area contributed by atoms with Gasteiger partial charge in [0.2, 0.25) is 5.88 Å². The average Bonchev–Trinajstić information content (AvgIpc) is 3.10. The van der Waals surface area contributed by atoms with Crippen LogP contribution in [-0.2, 0) is 0 Å². The van der Waals surface area contributed by atoms with Gasteiger partial charge in [0.05, 0.1) is 6.61 Å². The molecule has 122 valence electrons. The Bertz CT molecular complexity index is 607. The van der Waals surface area contributed by atoms with Crippen LogP contribution < -0.4 is 9.47 Å². The van der Waals surface area contributed by atoms with Gasteiger partial charge < -0.3 is 9.47 Å². The second kappa shape index (κ2) is 7.97. The first-order chi connectivity index (χ1) is 11.4. The highest BCUT2D eigenvalue weighted by molar-refractivity contribution is 5.68. The minimum atomic E-state index is 0.613. The van der Waals surface area contributed by atoms with E-state index in [4.69, 9.17) is 9.47 Å². The monoisotopic (exact) mass is 312 g/mol. The summed E-state index contributed by atoms with van der Waals surface area (Å²) < 4.78 is 11.4. The third kappa shape index (κ3) is 4.23. The first kappa shape index (κ1) is 15.8. The molecule has 3 rings (SSSR count). The number of rotatable bonds is 7. The fraction of sp³-hybridized carbons (Fsp3) is 0.421. The molecular weight excluding hydrogens is 288 g/mol. The van der Waals surface area contributed by atoms with Crippen molar-refractivity contribution in [3.8, 4) is 22.8 Å². The Kier molecular flexibility index (Phi) is 5.48. The lowest BCUT2D eigenvalue weighted by Gasteiger charge is -2.15. The Morgan fingerprint density at radius 1 is 1.04 bits per heavy atom. The summed E-state index contributed by atoms with van der Waals surface area (Å²) in [7, 11) is 0. The third-order valence-electron chi connectivity index (χ3n) is 4.09. The van der Waals surface area contributed by atoms with Gasteiger partial charge >= 0.3 is 0 Å². The molecule has 1 aliphatic heterocycles. The molecule has 0 unspecified atom stereocenters. The molecule has 0 bridgehead atoms. The summed E-state index contributed by atoms with van der Waals surface area (Å²) in [6.45, 7) is 6.76. The van der Waals surface area contributed by atoms with E-state index in [-0.39, 0.29) is 0 Å². The molecule has 1 saturated heterocycles. The Labute approximate surface area is 138 Å². The van der Waals surface area contributed by atoms with Crippen LogP contribution in [0.4, 0.5) is 0 Å². The first-order valence-corrected chi connectivity index (χ1v) is 8.40. The van der Waals surface area contributed by atoms with Crippen molar-refractivity contribution in [2.45, 2.75) is 19.8 Å². The molecule has 23 heavy (non-hydrogen) atoms. The largest absolute Gasteiger partial charge is 0.492 e. The highest BCUT2D eigenvalue weighted by atomic mass is 16.5.